The second-order valence-corrected chi connectivity index (χ2v) is 2.68. The van der Waals surface area contributed by atoms with Crippen molar-refractivity contribution in [1.82, 2.24) is 0 Å². The van der Waals surface area contributed by atoms with E-state index in [4.69, 9.17) is 5.11 Å². The summed E-state index contributed by atoms with van der Waals surface area (Å²) in [6.45, 7) is 2.22. The van der Waals surface area contributed by atoms with Crippen LogP contribution in [0.15, 0.2) is 0 Å². The molecule has 0 bridgehead atoms. The van der Waals surface area contributed by atoms with Crippen molar-refractivity contribution in [3.05, 3.63) is 0 Å². The van der Waals surface area contributed by atoms with E-state index in [2.05, 4.69) is 18.8 Å². The molecule has 1 nitrogen and oxygen atoms in total. The van der Waals surface area contributed by atoms with Gasteiger partial charge in [0, 0.05) is 6.42 Å². The van der Waals surface area contributed by atoms with Crippen molar-refractivity contribution in [3.63, 3.8) is 0 Å². The highest BCUT2D eigenvalue weighted by Gasteiger charge is 1.85. The van der Waals surface area contributed by atoms with Crippen LogP contribution < -0.4 is 0 Å². The zero-order valence-corrected chi connectivity index (χ0v) is 7.40. The summed E-state index contributed by atoms with van der Waals surface area (Å²) in [5.41, 5.74) is 0. The van der Waals surface area contributed by atoms with Crippen molar-refractivity contribution < 1.29 is 5.11 Å². The lowest BCUT2D eigenvalue weighted by molar-refractivity contribution is 0.350. The number of rotatable bonds is 5. The molecular weight excluding hydrogens is 136 g/mol. The second-order valence-electron chi connectivity index (χ2n) is 2.68. The van der Waals surface area contributed by atoms with Crippen molar-refractivity contribution in [2.45, 2.75) is 45.4 Å². The first kappa shape index (κ1) is 10.5. The molecule has 0 aromatic carbocycles. The Bertz CT molecular complexity index is 119. The van der Waals surface area contributed by atoms with Gasteiger partial charge in [-0.25, -0.2) is 0 Å². The molecule has 0 aromatic rings. The predicted octanol–water partition coefficient (Wildman–Crippen LogP) is 2.34. The smallest absolute Gasteiger partial charge is 0.104 e. The Balaban J connectivity index is 2.90. The van der Waals surface area contributed by atoms with Crippen molar-refractivity contribution in [2.75, 3.05) is 6.61 Å². The van der Waals surface area contributed by atoms with E-state index in [-0.39, 0.29) is 6.61 Å². The van der Waals surface area contributed by atoms with E-state index >= 15 is 0 Å². The summed E-state index contributed by atoms with van der Waals surface area (Å²) >= 11 is 0. The summed E-state index contributed by atoms with van der Waals surface area (Å²) in [5.74, 6) is 5.56. The van der Waals surface area contributed by atoms with Gasteiger partial charge in [0.15, 0.2) is 0 Å². The third kappa shape index (κ3) is 9.52. The molecule has 0 unspecified atom stereocenters. The minimum atomic E-state index is 0.00889. The van der Waals surface area contributed by atoms with Gasteiger partial charge in [-0.15, -0.1) is 5.92 Å². The molecule has 0 radical (unpaired) electrons. The molecule has 0 fully saturated rings. The van der Waals surface area contributed by atoms with Crippen LogP contribution in [0.3, 0.4) is 0 Å². The van der Waals surface area contributed by atoms with Gasteiger partial charge in [-0.3, -0.25) is 0 Å². The van der Waals surface area contributed by atoms with Crippen LogP contribution in [0.2, 0.25) is 0 Å². The Kier molecular flexibility index (Phi) is 9.10. The predicted molar refractivity (Wildman–Crippen MR) is 48.2 cm³/mol. The number of unbranched alkanes of at least 4 members (excludes halogenated alkanes) is 5. The van der Waals surface area contributed by atoms with Crippen molar-refractivity contribution >= 4 is 0 Å². The first-order valence-electron chi connectivity index (χ1n) is 4.48. The summed E-state index contributed by atoms with van der Waals surface area (Å²) in [6.07, 6.45) is 7.39. The van der Waals surface area contributed by atoms with Crippen molar-refractivity contribution in [3.8, 4) is 11.8 Å². The Morgan fingerprint density at radius 3 is 2.36 bits per heavy atom. The monoisotopic (exact) mass is 154 g/mol. The third-order valence-electron chi connectivity index (χ3n) is 1.61. The van der Waals surface area contributed by atoms with Crippen molar-refractivity contribution in [2.24, 2.45) is 0 Å². The van der Waals surface area contributed by atoms with Gasteiger partial charge >= 0.3 is 0 Å². The van der Waals surface area contributed by atoms with Crippen LogP contribution in [-0.2, 0) is 0 Å². The standard InChI is InChI=1S/C10H18O/c1-2-3-4-5-6-7-8-9-10-11/h11H,2-7,10H2,1H3. The van der Waals surface area contributed by atoms with Gasteiger partial charge in [0.2, 0.25) is 0 Å². The van der Waals surface area contributed by atoms with Gasteiger partial charge in [-0.1, -0.05) is 38.5 Å². The average Bonchev–Trinajstić information content (AvgIpc) is 2.03. The first-order chi connectivity index (χ1) is 5.41. The molecule has 1 heteroatoms. The van der Waals surface area contributed by atoms with E-state index in [0.29, 0.717) is 0 Å². The van der Waals surface area contributed by atoms with Crippen LogP contribution >= 0.6 is 0 Å². The SMILES string of the molecule is CCCCCCCC#CCO. The summed E-state index contributed by atoms with van der Waals surface area (Å²) in [4.78, 5) is 0. The molecule has 0 heterocycles. The van der Waals surface area contributed by atoms with Gasteiger partial charge in [0.1, 0.15) is 6.61 Å². The Morgan fingerprint density at radius 2 is 1.73 bits per heavy atom. The highest BCUT2D eigenvalue weighted by atomic mass is 16.2. The maximum Gasteiger partial charge on any atom is 0.104 e. The van der Waals surface area contributed by atoms with Crippen LogP contribution in [0.5, 0.6) is 0 Å². The molecule has 0 aliphatic rings. The largest absolute Gasteiger partial charge is 0.384 e. The molecule has 0 spiro atoms. The molecular formula is C10H18O. The Labute approximate surface area is 69.8 Å². The molecule has 0 saturated heterocycles. The van der Waals surface area contributed by atoms with E-state index in [1.807, 2.05) is 0 Å². The molecule has 0 rings (SSSR count). The Hall–Kier alpha value is -0.480. The van der Waals surface area contributed by atoms with Gasteiger partial charge in [-0.05, 0) is 6.42 Å². The number of hydrogen-bond donors (Lipinski definition) is 1. The van der Waals surface area contributed by atoms with Gasteiger partial charge in [-0.2, -0.15) is 0 Å². The van der Waals surface area contributed by atoms with E-state index in [0.717, 1.165) is 6.42 Å². The Morgan fingerprint density at radius 1 is 1.00 bits per heavy atom. The molecule has 1 N–H and O–H groups in total. The van der Waals surface area contributed by atoms with Gasteiger partial charge < -0.3 is 5.11 Å². The first-order valence-corrected chi connectivity index (χ1v) is 4.48. The lowest BCUT2D eigenvalue weighted by Gasteiger charge is -1.94. The van der Waals surface area contributed by atoms with Crippen molar-refractivity contribution in [1.29, 1.82) is 0 Å². The summed E-state index contributed by atoms with van der Waals surface area (Å²) in [7, 11) is 0. The van der Waals surface area contributed by atoms with Gasteiger partial charge in [0.05, 0.1) is 0 Å². The maximum absolute atomic E-state index is 8.33. The lowest BCUT2D eigenvalue weighted by atomic mass is 10.1. The van der Waals surface area contributed by atoms with Gasteiger partial charge in [0.25, 0.3) is 0 Å². The minimum Gasteiger partial charge on any atom is -0.384 e. The summed E-state index contributed by atoms with van der Waals surface area (Å²) in [5, 5.41) is 8.33. The molecule has 0 aromatic heterocycles. The average molecular weight is 154 g/mol. The van der Waals surface area contributed by atoms with E-state index < -0.39 is 0 Å². The van der Waals surface area contributed by atoms with E-state index in [9.17, 15) is 0 Å². The molecule has 0 aliphatic heterocycles. The zero-order valence-electron chi connectivity index (χ0n) is 7.40. The number of aliphatic hydroxyl groups excluding tert-OH is 1. The lowest BCUT2D eigenvalue weighted by Crippen LogP contribution is -1.77. The molecule has 0 aliphatic carbocycles. The number of aliphatic hydroxyl groups is 1. The summed E-state index contributed by atoms with van der Waals surface area (Å²) in [6, 6.07) is 0. The molecule has 0 saturated carbocycles. The van der Waals surface area contributed by atoms with E-state index in [1.54, 1.807) is 0 Å². The third-order valence-corrected chi connectivity index (χ3v) is 1.61. The molecule has 0 amide bonds. The fourth-order valence-electron chi connectivity index (χ4n) is 0.961. The van der Waals surface area contributed by atoms with Crippen LogP contribution in [0, 0.1) is 11.8 Å². The molecule has 11 heavy (non-hydrogen) atoms. The van der Waals surface area contributed by atoms with Crippen LogP contribution in [0.25, 0.3) is 0 Å². The summed E-state index contributed by atoms with van der Waals surface area (Å²) < 4.78 is 0. The fraction of sp³-hybridized carbons (Fsp3) is 0.800. The van der Waals surface area contributed by atoms with Crippen LogP contribution in [0.4, 0.5) is 0 Å². The zero-order chi connectivity index (χ0) is 8.36. The highest BCUT2D eigenvalue weighted by molar-refractivity contribution is 4.98. The van der Waals surface area contributed by atoms with Crippen LogP contribution in [0.1, 0.15) is 45.4 Å². The molecule has 64 valence electrons. The second kappa shape index (κ2) is 9.52. The molecule has 0 atom stereocenters. The normalized spacial score (nSPS) is 8.91. The number of hydrogen-bond acceptors (Lipinski definition) is 1. The fourth-order valence-corrected chi connectivity index (χ4v) is 0.961. The van der Waals surface area contributed by atoms with Crippen LogP contribution in [-0.4, -0.2) is 11.7 Å². The highest BCUT2D eigenvalue weighted by Crippen LogP contribution is 2.03. The minimum absolute atomic E-state index is 0.00889. The topological polar surface area (TPSA) is 20.2 Å². The quantitative estimate of drug-likeness (QED) is 0.476. The van der Waals surface area contributed by atoms with E-state index in [1.165, 1.54) is 32.1 Å². The maximum atomic E-state index is 8.33.